The van der Waals surface area contributed by atoms with Crippen LogP contribution < -0.4 is 20.1 Å². The number of hydrogen-bond donors (Lipinski definition) is 2. The third kappa shape index (κ3) is 4.62. The molecule has 2 aromatic carbocycles. The fourth-order valence-corrected chi connectivity index (χ4v) is 4.13. The van der Waals surface area contributed by atoms with Gasteiger partial charge >= 0.3 is 5.97 Å². The van der Waals surface area contributed by atoms with E-state index in [1.54, 1.807) is 12.1 Å². The zero-order valence-corrected chi connectivity index (χ0v) is 20.7. The summed E-state index contributed by atoms with van der Waals surface area (Å²) < 4.78 is 8.32. The second kappa shape index (κ2) is 9.62. The van der Waals surface area contributed by atoms with E-state index in [1.165, 1.54) is 6.07 Å². The highest BCUT2D eigenvalue weighted by molar-refractivity contribution is 6.09. The molecule has 0 aromatic heterocycles. The Labute approximate surface area is 204 Å². The maximum Gasteiger partial charge on any atom is 0.336 e. The first kappa shape index (κ1) is 24.0. The van der Waals surface area contributed by atoms with Gasteiger partial charge in [-0.2, -0.15) is 0 Å². The zero-order valence-electron chi connectivity index (χ0n) is 20.7. The highest BCUT2D eigenvalue weighted by Gasteiger charge is 2.23. The molecule has 2 aliphatic rings. The summed E-state index contributed by atoms with van der Waals surface area (Å²) in [4.78, 5) is 27.0. The van der Waals surface area contributed by atoms with Gasteiger partial charge in [-0.05, 0) is 48.4 Å². The summed E-state index contributed by atoms with van der Waals surface area (Å²) in [6.07, 6.45) is 0.809. The molecule has 0 saturated carbocycles. The molecule has 0 spiro atoms. The summed E-state index contributed by atoms with van der Waals surface area (Å²) in [5, 5.41) is 14.6. The van der Waals surface area contributed by atoms with Gasteiger partial charge in [-0.1, -0.05) is 6.92 Å². The lowest BCUT2D eigenvalue weighted by molar-refractivity contribution is 0.0697. The molecule has 2 N–H and O–H groups in total. The van der Waals surface area contributed by atoms with Crippen molar-refractivity contribution in [3.05, 3.63) is 71.1 Å². The first-order valence-electron chi connectivity index (χ1n) is 11.6. The van der Waals surface area contributed by atoms with Crippen molar-refractivity contribution in [2.75, 3.05) is 39.6 Å². The smallest absolute Gasteiger partial charge is 0.336 e. The van der Waals surface area contributed by atoms with Crippen molar-refractivity contribution in [1.82, 2.24) is 9.89 Å². The van der Waals surface area contributed by atoms with Crippen LogP contribution >= 0.6 is 0 Å². The number of benzene rings is 3. The number of rotatable bonds is 6. The summed E-state index contributed by atoms with van der Waals surface area (Å²) in [6, 6.07) is 16.4. The molecule has 0 bridgehead atoms. The van der Waals surface area contributed by atoms with E-state index in [9.17, 15) is 14.7 Å². The molecule has 180 valence electrons. The molecule has 1 heterocycles. The first-order valence-corrected chi connectivity index (χ1v) is 11.6. The average molecular weight is 473 g/mol. The Hall–Kier alpha value is -4.13. The Morgan fingerprint density at radius 3 is 2.43 bits per heavy atom. The molecule has 2 aromatic rings. The average Bonchev–Trinajstić information content (AvgIpc) is 2.84. The van der Waals surface area contributed by atoms with Crippen LogP contribution in [0.15, 0.2) is 59.0 Å². The highest BCUT2D eigenvalue weighted by atomic mass is 16.4. The molecule has 0 radical (unpaired) electrons. The van der Waals surface area contributed by atoms with Crippen LogP contribution in [0, 0.1) is 0 Å². The van der Waals surface area contributed by atoms with E-state index in [-0.39, 0.29) is 11.5 Å². The van der Waals surface area contributed by atoms with Gasteiger partial charge in [-0.25, -0.2) is 9.37 Å². The van der Waals surface area contributed by atoms with Crippen LogP contribution in [0.3, 0.4) is 0 Å². The summed E-state index contributed by atoms with van der Waals surface area (Å²) in [5.41, 5.74) is 4.10. The van der Waals surface area contributed by atoms with Crippen molar-refractivity contribution in [2.24, 2.45) is 0 Å². The van der Waals surface area contributed by atoms with E-state index in [4.69, 9.17) is 4.42 Å². The SMILES string of the molecule is CCCNC(=O)c1ccc(C(=O)O)c(-c2c3ccc(=[N+](C)C)cc-3oc3cc(N(C)C)ccc23)c1. The number of carboxylic acid groups (broad SMARTS) is 1. The van der Waals surface area contributed by atoms with Gasteiger partial charge in [0.05, 0.1) is 11.6 Å². The van der Waals surface area contributed by atoms with Crippen LogP contribution in [0.1, 0.15) is 34.1 Å². The number of nitrogens with one attached hydrogen (secondary N) is 1. The Morgan fingerprint density at radius 1 is 1.00 bits per heavy atom. The van der Waals surface area contributed by atoms with Crippen LogP contribution in [0.5, 0.6) is 0 Å². The fraction of sp³-hybridized carbons (Fsp3) is 0.250. The lowest BCUT2D eigenvalue weighted by Crippen LogP contribution is -2.24. The number of amides is 1. The Balaban J connectivity index is 2.11. The van der Waals surface area contributed by atoms with Gasteiger partial charge in [0.15, 0.2) is 0 Å². The van der Waals surface area contributed by atoms with Gasteiger partial charge in [-0.3, -0.25) is 4.79 Å². The molecule has 0 fully saturated rings. The third-order valence-corrected chi connectivity index (χ3v) is 6.04. The maximum atomic E-state index is 12.7. The molecule has 35 heavy (non-hydrogen) atoms. The van der Waals surface area contributed by atoms with Crippen molar-refractivity contribution in [3.63, 3.8) is 0 Å². The molecule has 0 saturated heterocycles. The summed E-state index contributed by atoms with van der Waals surface area (Å²) >= 11 is 0. The quantitative estimate of drug-likeness (QED) is 0.325. The van der Waals surface area contributed by atoms with Gasteiger partial charge in [0.1, 0.15) is 25.4 Å². The van der Waals surface area contributed by atoms with E-state index in [2.05, 4.69) is 5.32 Å². The second-order valence-corrected chi connectivity index (χ2v) is 8.95. The van der Waals surface area contributed by atoms with Gasteiger partial charge < -0.3 is 19.7 Å². The number of carbonyl (C=O) groups excluding carboxylic acids is 1. The second-order valence-electron chi connectivity index (χ2n) is 8.95. The molecule has 0 atom stereocenters. The molecule has 1 aliphatic carbocycles. The van der Waals surface area contributed by atoms with Gasteiger partial charge in [0, 0.05) is 60.5 Å². The van der Waals surface area contributed by atoms with Crippen LogP contribution in [-0.2, 0) is 0 Å². The molecule has 1 amide bonds. The lowest BCUT2D eigenvalue weighted by Gasteiger charge is -2.19. The molecule has 1 aliphatic heterocycles. The fourth-order valence-electron chi connectivity index (χ4n) is 4.13. The minimum absolute atomic E-state index is 0.124. The summed E-state index contributed by atoms with van der Waals surface area (Å²) in [5.74, 6) is -0.659. The predicted octanol–water partition coefficient (Wildman–Crippen LogP) is 4.14. The normalized spacial score (nSPS) is 11.0. The molecular weight excluding hydrogens is 442 g/mol. The first-order chi connectivity index (χ1) is 16.7. The molecule has 7 heteroatoms. The van der Waals surface area contributed by atoms with E-state index < -0.39 is 5.97 Å². The van der Waals surface area contributed by atoms with Gasteiger partial charge in [0.2, 0.25) is 5.36 Å². The Kier molecular flexibility index (Phi) is 6.60. The number of hydrogen-bond acceptors (Lipinski definition) is 4. The van der Waals surface area contributed by atoms with Crippen molar-refractivity contribution >= 4 is 28.5 Å². The summed E-state index contributed by atoms with van der Waals surface area (Å²) in [7, 11) is 7.81. The Bertz CT molecular complexity index is 1480. The minimum atomic E-state index is -1.06. The summed E-state index contributed by atoms with van der Waals surface area (Å²) in [6.45, 7) is 2.53. The van der Waals surface area contributed by atoms with Crippen LogP contribution in [0.4, 0.5) is 5.69 Å². The minimum Gasteiger partial charge on any atom is -0.478 e. The van der Waals surface area contributed by atoms with Crippen molar-refractivity contribution < 1.29 is 19.1 Å². The number of aromatic carboxylic acids is 1. The number of anilines is 1. The van der Waals surface area contributed by atoms with Crippen LogP contribution in [0.2, 0.25) is 0 Å². The molecule has 7 nitrogen and oxygen atoms in total. The molecule has 0 unspecified atom stereocenters. The van der Waals surface area contributed by atoms with Gasteiger partial charge in [0.25, 0.3) is 5.91 Å². The zero-order chi connectivity index (χ0) is 25.3. The van der Waals surface area contributed by atoms with E-state index in [0.29, 0.717) is 29.0 Å². The maximum absolute atomic E-state index is 12.7. The van der Waals surface area contributed by atoms with Crippen molar-refractivity contribution in [2.45, 2.75) is 13.3 Å². The number of fused-ring (bicyclic) bond motifs is 2. The molecule has 4 rings (SSSR count). The van der Waals surface area contributed by atoms with E-state index in [1.807, 2.05) is 81.0 Å². The topological polar surface area (TPSA) is 85.8 Å². The van der Waals surface area contributed by atoms with Crippen molar-refractivity contribution in [3.8, 4) is 22.5 Å². The standard InChI is InChI=1S/C28H29N3O4/c1-6-13-29-27(32)17-7-10-20(28(33)34)23(14-17)26-21-11-8-18(30(2)3)15-24(21)35-25-16-19(31(4)5)9-12-22(25)26/h7-12,14-16H,6,13H2,1-5H3,(H-,29,32,33,34)/p+1. The number of carbonyl (C=O) groups is 2. The van der Waals surface area contributed by atoms with Gasteiger partial charge in [-0.15, -0.1) is 0 Å². The Morgan fingerprint density at radius 2 is 1.77 bits per heavy atom. The molecular formula is C28H30N3O4+. The predicted molar refractivity (Wildman–Crippen MR) is 139 cm³/mol. The lowest BCUT2D eigenvalue weighted by atomic mass is 9.89. The van der Waals surface area contributed by atoms with E-state index in [0.717, 1.165) is 34.0 Å². The van der Waals surface area contributed by atoms with Crippen molar-refractivity contribution in [1.29, 1.82) is 0 Å². The van der Waals surface area contributed by atoms with E-state index >= 15 is 0 Å². The largest absolute Gasteiger partial charge is 0.478 e. The number of carboxylic acids is 1. The van der Waals surface area contributed by atoms with Crippen LogP contribution in [-0.4, -0.2) is 51.7 Å². The monoisotopic (exact) mass is 472 g/mol. The van der Waals surface area contributed by atoms with Crippen LogP contribution in [0.25, 0.3) is 33.4 Å². The number of nitrogens with zero attached hydrogens (tertiary/aromatic N) is 2. The highest BCUT2D eigenvalue weighted by Crippen LogP contribution is 2.42. The third-order valence-electron chi connectivity index (χ3n) is 6.04.